The third-order valence-corrected chi connectivity index (χ3v) is 2.01. The molecule has 0 fully saturated rings. The fourth-order valence-electron chi connectivity index (χ4n) is 0.577. The Kier molecular flexibility index (Phi) is 3.22. The van der Waals surface area contributed by atoms with E-state index in [0.717, 1.165) is 5.75 Å². The molecular formula is C7H10N2S. The van der Waals surface area contributed by atoms with Gasteiger partial charge in [0.05, 0.1) is 5.55 Å². The minimum absolute atomic E-state index is 0.566. The quantitative estimate of drug-likeness (QED) is 0.521. The Hall–Kier alpha value is -0.570. The summed E-state index contributed by atoms with van der Waals surface area (Å²) in [4.78, 5) is 8.06. The lowest BCUT2D eigenvalue weighted by molar-refractivity contribution is 1.09. The lowest BCUT2D eigenvalue weighted by Gasteiger charge is -1.91. The molecule has 0 aromatic heterocycles. The molecule has 54 valence electrons. The predicted molar refractivity (Wildman–Crippen MR) is 48.1 cm³/mol. The Morgan fingerprint density at radius 2 is 2.40 bits per heavy atom. The van der Waals surface area contributed by atoms with Gasteiger partial charge < -0.3 is 0 Å². The van der Waals surface area contributed by atoms with E-state index in [1.807, 2.05) is 17.8 Å². The highest BCUT2D eigenvalue weighted by Gasteiger charge is 1.87. The van der Waals surface area contributed by atoms with Gasteiger partial charge in [0.2, 0.25) is 0 Å². The SMILES string of the molecule is C/C1=C/C=NCN=CSC1. The molecule has 0 aliphatic carbocycles. The van der Waals surface area contributed by atoms with E-state index in [1.165, 1.54) is 5.57 Å². The van der Waals surface area contributed by atoms with Crippen LogP contribution >= 0.6 is 11.8 Å². The lowest BCUT2D eigenvalue weighted by Crippen LogP contribution is -1.80. The molecule has 0 aromatic rings. The van der Waals surface area contributed by atoms with Crippen LogP contribution in [0, 0.1) is 0 Å². The summed E-state index contributed by atoms with van der Waals surface area (Å²) in [5, 5.41) is 0. The van der Waals surface area contributed by atoms with Gasteiger partial charge in [0.1, 0.15) is 6.67 Å². The van der Waals surface area contributed by atoms with Crippen molar-refractivity contribution in [1.82, 2.24) is 0 Å². The molecule has 1 rings (SSSR count). The van der Waals surface area contributed by atoms with Crippen molar-refractivity contribution in [2.45, 2.75) is 6.92 Å². The van der Waals surface area contributed by atoms with Crippen LogP contribution < -0.4 is 0 Å². The van der Waals surface area contributed by atoms with Gasteiger partial charge >= 0.3 is 0 Å². The van der Waals surface area contributed by atoms with Gasteiger partial charge in [0, 0.05) is 12.0 Å². The second-order valence-electron chi connectivity index (χ2n) is 2.09. The highest BCUT2D eigenvalue weighted by Crippen LogP contribution is 2.04. The standard InChI is InChI=1S/C7H10N2S/c1-7-2-3-8-5-9-6-10-4-7/h2-3,6H,4-5H2,1H3/b7-2-,8-3?,9-6?. The van der Waals surface area contributed by atoms with E-state index < -0.39 is 0 Å². The molecule has 2 nitrogen and oxygen atoms in total. The van der Waals surface area contributed by atoms with Crippen molar-refractivity contribution in [1.29, 1.82) is 0 Å². The van der Waals surface area contributed by atoms with Gasteiger partial charge in [-0.1, -0.05) is 5.57 Å². The molecule has 0 radical (unpaired) electrons. The molecule has 3 heteroatoms. The van der Waals surface area contributed by atoms with Crippen molar-refractivity contribution in [3.8, 4) is 0 Å². The van der Waals surface area contributed by atoms with Crippen LogP contribution in [0.1, 0.15) is 6.92 Å². The third-order valence-electron chi connectivity index (χ3n) is 1.09. The summed E-state index contributed by atoms with van der Waals surface area (Å²) in [7, 11) is 0. The van der Waals surface area contributed by atoms with Gasteiger partial charge in [0.25, 0.3) is 0 Å². The fourth-order valence-corrected chi connectivity index (χ4v) is 1.18. The minimum Gasteiger partial charge on any atom is -0.270 e. The molecule has 0 unspecified atom stereocenters. The number of thioether (sulfide) groups is 1. The second-order valence-corrected chi connectivity index (χ2v) is 2.92. The summed E-state index contributed by atoms with van der Waals surface area (Å²) >= 11 is 1.71. The second kappa shape index (κ2) is 4.28. The maximum Gasteiger partial charge on any atom is 0.129 e. The van der Waals surface area contributed by atoms with E-state index in [-0.39, 0.29) is 0 Å². The van der Waals surface area contributed by atoms with E-state index in [9.17, 15) is 0 Å². The van der Waals surface area contributed by atoms with Crippen LogP contribution in [0.3, 0.4) is 0 Å². The van der Waals surface area contributed by atoms with Gasteiger partial charge in [-0.2, -0.15) is 0 Å². The van der Waals surface area contributed by atoms with E-state index >= 15 is 0 Å². The Morgan fingerprint density at radius 1 is 1.50 bits per heavy atom. The van der Waals surface area contributed by atoms with Crippen LogP contribution in [0.25, 0.3) is 0 Å². The molecule has 0 bridgehead atoms. The van der Waals surface area contributed by atoms with Crippen molar-refractivity contribution < 1.29 is 0 Å². The number of hydrogen-bond donors (Lipinski definition) is 0. The molecule has 10 heavy (non-hydrogen) atoms. The zero-order valence-electron chi connectivity index (χ0n) is 5.95. The molecule has 0 atom stereocenters. The highest BCUT2D eigenvalue weighted by molar-refractivity contribution is 8.12. The number of allylic oxidation sites excluding steroid dienone is 1. The summed E-state index contributed by atoms with van der Waals surface area (Å²) < 4.78 is 0. The largest absolute Gasteiger partial charge is 0.270 e. The highest BCUT2D eigenvalue weighted by atomic mass is 32.2. The zero-order valence-corrected chi connectivity index (χ0v) is 6.77. The van der Waals surface area contributed by atoms with Crippen molar-refractivity contribution in [2.24, 2.45) is 9.98 Å². The summed E-state index contributed by atoms with van der Waals surface area (Å²) in [6.45, 7) is 2.66. The molecule has 0 amide bonds. The van der Waals surface area contributed by atoms with Crippen molar-refractivity contribution in [3.05, 3.63) is 11.6 Å². The monoisotopic (exact) mass is 154 g/mol. The van der Waals surface area contributed by atoms with Crippen molar-refractivity contribution in [3.63, 3.8) is 0 Å². The van der Waals surface area contributed by atoms with E-state index in [1.54, 1.807) is 11.8 Å². The summed E-state index contributed by atoms with van der Waals surface area (Å²) in [5.74, 6) is 1.02. The summed E-state index contributed by atoms with van der Waals surface area (Å²) in [6.07, 6.45) is 3.85. The smallest absolute Gasteiger partial charge is 0.129 e. The molecule has 1 heterocycles. The number of rotatable bonds is 0. The van der Waals surface area contributed by atoms with Crippen LogP contribution in [-0.4, -0.2) is 24.2 Å². The Morgan fingerprint density at radius 3 is 3.30 bits per heavy atom. The number of nitrogens with zero attached hydrogens (tertiary/aromatic N) is 2. The van der Waals surface area contributed by atoms with E-state index in [2.05, 4.69) is 16.9 Å². The van der Waals surface area contributed by atoms with Crippen LogP contribution in [0.2, 0.25) is 0 Å². The summed E-state index contributed by atoms with van der Waals surface area (Å²) in [6, 6.07) is 0. The first kappa shape index (κ1) is 7.54. The fraction of sp³-hybridized carbons (Fsp3) is 0.429. The van der Waals surface area contributed by atoms with E-state index in [0.29, 0.717) is 6.67 Å². The molecular weight excluding hydrogens is 144 g/mol. The molecule has 0 saturated carbocycles. The minimum atomic E-state index is 0.566. The Balaban J connectivity index is 2.55. The van der Waals surface area contributed by atoms with Crippen molar-refractivity contribution >= 4 is 23.5 Å². The molecule has 0 spiro atoms. The van der Waals surface area contributed by atoms with Crippen LogP contribution in [-0.2, 0) is 0 Å². The average Bonchev–Trinajstić information content (AvgIpc) is 2.02. The maximum atomic E-state index is 4.03. The number of hydrogen-bond acceptors (Lipinski definition) is 3. The molecule has 0 aromatic carbocycles. The molecule has 1 aliphatic rings. The van der Waals surface area contributed by atoms with Gasteiger partial charge in [-0.15, -0.1) is 11.8 Å². The normalized spacial score (nSPS) is 24.3. The van der Waals surface area contributed by atoms with Gasteiger partial charge in [-0.05, 0) is 13.0 Å². The molecule has 0 saturated heterocycles. The maximum absolute atomic E-state index is 4.03. The third kappa shape index (κ3) is 2.82. The topological polar surface area (TPSA) is 24.7 Å². The van der Waals surface area contributed by atoms with Crippen molar-refractivity contribution in [2.75, 3.05) is 12.4 Å². The number of aliphatic imine (C=N–C) groups is 2. The van der Waals surface area contributed by atoms with Crippen LogP contribution in [0.15, 0.2) is 21.6 Å². The first-order valence-electron chi connectivity index (χ1n) is 3.15. The first-order chi connectivity index (χ1) is 4.89. The Labute approximate surface area is 65.1 Å². The molecule has 0 N–H and O–H groups in total. The predicted octanol–water partition coefficient (Wildman–Crippen LogP) is 1.74. The lowest BCUT2D eigenvalue weighted by atomic mass is 10.3. The molecule has 1 aliphatic heterocycles. The average molecular weight is 154 g/mol. The Bertz CT molecular complexity index is 182. The van der Waals surface area contributed by atoms with Gasteiger partial charge in [-0.3, -0.25) is 9.98 Å². The van der Waals surface area contributed by atoms with Gasteiger partial charge in [-0.25, -0.2) is 0 Å². The van der Waals surface area contributed by atoms with E-state index in [4.69, 9.17) is 0 Å². The zero-order chi connectivity index (χ0) is 7.23. The first-order valence-corrected chi connectivity index (χ1v) is 4.20. The van der Waals surface area contributed by atoms with Crippen LogP contribution in [0.5, 0.6) is 0 Å². The van der Waals surface area contributed by atoms with Gasteiger partial charge in [0.15, 0.2) is 0 Å². The summed E-state index contributed by atoms with van der Waals surface area (Å²) in [5.41, 5.74) is 3.20. The van der Waals surface area contributed by atoms with Crippen LogP contribution in [0.4, 0.5) is 0 Å².